The number of aliphatic hydroxyl groups is 1. The highest BCUT2D eigenvalue weighted by Crippen LogP contribution is 2.37. The molecular formula is C15H21NOS. The van der Waals surface area contributed by atoms with Crippen LogP contribution in [-0.2, 0) is 6.42 Å². The van der Waals surface area contributed by atoms with Crippen LogP contribution in [0.4, 0.5) is 0 Å². The van der Waals surface area contributed by atoms with E-state index >= 15 is 0 Å². The molecule has 0 amide bonds. The number of fused-ring (bicyclic) bond motifs is 1. The molecule has 0 saturated heterocycles. The van der Waals surface area contributed by atoms with Gasteiger partial charge in [-0.2, -0.15) is 0 Å². The van der Waals surface area contributed by atoms with Gasteiger partial charge in [-0.25, -0.2) is 0 Å². The molecule has 1 aliphatic heterocycles. The van der Waals surface area contributed by atoms with Crippen molar-refractivity contribution in [2.45, 2.75) is 35.5 Å². The minimum absolute atomic E-state index is 0.0199. The summed E-state index contributed by atoms with van der Waals surface area (Å²) in [6.45, 7) is 2.30. The molecule has 3 heteroatoms. The van der Waals surface area contributed by atoms with Crippen LogP contribution < -0.4 is 0 Å². The summed E-state index contributed by atoms with van der Waals surface area (Å²) >= 11 is 2.03. The van der Waals surface area contributed by atoms with Gasteiger partial charge in [0.25, 0.3) is 0 Å². The highest BCUT2D eigenvalue weighted by molar-refractivity contribution is 8.00. The number of hydrogen-bond donors (Lipinski definition) is 1. The molecule has 1 N–H and O–H groups in total. The van der Waals surface area contributed by atoms with Gasteiger partial charge in [-0.05, 0) is 43.9 Å². The van der Waals surface area contributed by atoms with Crippen molar-refractivity contribution in [2.24, 2.45) is 5.92 Å². The first kappa shape index (κ1) is 12.5. The molecular weight excluding hydrogens is 242 g/mol. The van der Waals surface area contributed by atoms with E-state index in [2.05, 4.69) is 36.2 Å². The Labute approximate surface area is 113 Å². The van der Waals surface area contributed by atoms with E-state index in [-0.39, 0.29) is 6.10 Å². The molecule has 0 bridgehead atoms. The maximum absolute atomic E-state index is 9.31. The average Bonchev–Trinajstić information content (AvgIpc) is 2.68. The lowest BCUT2D eigenvalue weighted by Gasteiger charge is -2.35. The lowest BCUT2D eigenvalue weighted by molar-refractivity contribution is 0.0285. The normalized spacial score (nSPS) is 30.3. The van der Waals surface area contributed by atoms with E-state index in [0.29, 0.717) is 5.25 Å². The fourth-order valence-corrected chi connectivity index (χ4v) is 4.48. The van der Waals surface area contributed by atoms with Gasteiger partial charge in [0.05, 0.1) is 6.10 Å². The van der Waals surface area contributed by atoms with Crippen molar-refractivity contribution in [3.05, 3.63) is 29.8 Å². The Kier molecular flexibility index (Phi) is 3.64. The molecule has 98 valence electrons. The predicted molar refractivity (Wildman–Crippen MR) is 76.0 cm³/mol. The maximum Gasteiger partial charge on any atom is 0.0546 e. The Hall–Kier alpha value is -0.510. The molecule has 1 atom stereocenters. The minimum atomic E-state index is -0.0199. The molecule has 1 aromatic rings. The SMILES string of the molecule is CN(CC1CC(O)C1)CC1Cc2ccccc2S1. The zero-order valence-corrected chi connectivity index (χ0v) is 11.7. The number of hydrogen-bond acceptors (Lipinski definition) is 3. The molecule has 1 fully saturated rings. The van der Waals surface area contributed by atoms with Gasteiger partial charge < -0.3 is 10.0 Å². The van der Waals surface area contributed by atoms with Crippen LogP contribution in [0.25, 0.3) is 0 Å². The van der Waals surface area contributed by atoms with Gasteiger partial charge in [0.1, 0.15) is 0 Å². The van der Waals surface area contributed by atoms with Crippen molar-refractivity contribution in [1.82, 2.24) is 4.90 Å². The van der Waals surface area contributed by atoms with Crippen LogP contribution >= 0.6 is 11.8 Å². The molecule has 0 radical (unpaired) electrons. The van der Waals surface area contributed by atoms with Crippen LogP contribution in [0.1, 0.15) is 18.4 Å². The first-order valence-corrected chi connectivity index (χ1v) is 7.70. The summed E-state index contributed by atoms with van der Waals surface area (Å²) in [6.07, 6.45) is 3.19. The van der Waals surface area contributed by atoms with Crippen molar-refractivity contribution >= 4 is 11.8 Å². The van der Waals surface area contributed by atoms with E-state index < -0.39 is 0 Å². The van der Waals surface area contributed by atoms with Crippen LogP contribution in [0.5, 0.6) is 0 Å². The first-order chi connectivity index (χ1) is 8.70. The van der Waals surface area contributed by atoms with Gasteiger partial charge in [-0.15, -0.1) is 11.8 Å². The Balaban J connectivity index is 1.47. The summed E-state index contributed by atoms with van der Waals surface area (Å²) in [5.41, 5.74) is 1.51. The summed E-state index contributed by atoms with van der Waals surface area (Å²) in [6, 6.07) is 8.77. The lowest BCUT2D eigenvalue weighted by atomic mass is 9.82. The fraction of sp³-hybridized carbons (Fsp3) is 0.600. The summed E-state index contributed by atoms with van der Waals surface area (Å²) in [5, 5.41) is 10.0. The van der Waals surface area contributed by atoms with Gasteiger partial charge >= 0.3 is 0 Å². The molecule has 1 aromatic carbocycles. The van der Waals surface area contributed by atoms with Gasteiger partial charge in [0, 0.05) is 23.2 Å². The Morgan fingerprint density at radius 2 is 2.06 bits per heavy atom. The highest BCUT2D eigenvalue weighted by Gasteiger charge is 2.29. The van der Waals surface area contributed by atoms with Gasteiger partial charge in [-0.1, -0.05) is 18.2 Å². The van der Waals surface area contributed by atoms with Crippen molar-refractivity contribution in [3.63, 3.8) is 0 Å². The highest BCUT2D eigenvalue weighted by atomic mass is 32.2. The van der Waals surface area contributed by atoms with Crippen molar-refractivity contribution < 1.29 is 5.11 Å². The van der Waals surface area contributed by atoms with E-state index in [1.54, 1.807) is 0 Å². The predicted octanol–water partition coefficient (Wildman–Crippen LogP) is 2.41. The van der Waals surface area contributed by atoms with Crippen LogP contribution in [-0.4, -0.2) is 41.5 Å². The smallest absolute Gasteiger partial charge is 0.0546 e. The van der Waals surface area contributed by atoms with Gasteiger partial charge in [-0.3, -0.25) is 0 Å². The van der Waals surface area contributed by atoms with Crippen molar-refractivity contribution in [1.29, 1.82) is 0 Å². The topological polar surface area (TPSA) is 23.5 Å². The number of nitrogens with zero attached hydrogens (tertiary/aromatic N) is 1. The Morgan fingerprint density at radius 3 is 2.78 bits per heavy atom. The third-order valence-corrected chi connectivity index (χ3v) is 5.31. The second-order valence-corrected chi connectivity index (χ2v) is 7.11. The number of benzene rings is 1. The largest absolute Gasteiger partial charge is 0.393 e. The standard InChI is InChI=1S/C15H21NOS/c1-16(9-11-6-13(17)7-11)10-14-8-12-4-2-3-5-15(12)18-14/h2-5,11,13-14,17H,6-10H2,1H3. The summed E-state index contributed by atoms with van der Waals surface area (Å²) in [4.78, 5) is 3.91. The van der Waals surface area contributed by atoms with E-state index in [0.717, 1.165) is 31.8 Å². The monoisotopic (exact) mass is 263 g/mol. The molecule has 2 nitrogen and oxygen atoms in total. The second-order valence-electron chi connectivity index (χ2n) is 5.76. The van der Waals surface area contributed by atoms with Gasteiger partial charge in [0.15, 0.2) is 0 Å². The number of thioether (sulfide) groups is 1. The number of aliphatic hydroxyl groups excluding tert-OH is 1. The summed E-state index contributed by atoms with van der Waals surface area (Å²) < 4.78 is 0. The lowest BCUT2D eigenvalue weighted by Crippen LogP contribution is -2.39. The molecule has 1 aliphatic carbocycles. The molecule has 1 saturated carbocycles. The van der Waals surface area contributed by atoms with Crippen molar-refractivity contribution in [3.8, 4) is 0 Å². The zero-order valence-electron chi connectivity index (χ0n) is 10.9. The summed E-state index contributed by atoms with van der Waals surface area (Å²) in [7, 11) is 2.22. The van der Waals surface area contributed by atoms with E-state index in [9.17, 15) is 5.11 Å². The molecule has 1 unspecified atom stereocenters. The molecule has 1 heterocycles. The molecule has 3 rings (SSSR count). The van der Waals surface area contributed by atoms with Crippen LogP contribution in [0.15, 0.2) is 29.2 Å². The molecule has 18 heavy (non-hydrogen) atoms. The van der Waals surface area contributed by atoms with E-state index in [1.807, 2.05) is 11.8 Å². The Morgan fingerprint density at radius 1 is 1.28 bits per heavy atom. The van der Waals surface area contributed by atoms with Gasteiger partial charge in [0.2, 0.25) is 0 Å². The van der Waals surface area contributed by atoms with E-state index in [4.69, 9.17) is 0 Å². The molecule has 2 aliphatic rings. The maximum atomic E-state index is 9.31. The third-order valence-electron chi connectivity index (χ3n) is 4.01. The zero-order chi connectivity index (χ0) is 12.5. The summed E-state index contributed by atoms with van der Waals surface area (Å²) in [5.74, 6) is 0.721. The molecule has 0 spiro atoms. The first-order valence-electron chi connectivity index (χ1n) is 6.82. The van der Waals surface area contributed by atoms with Crippen LogP contribution in [0.3, 0.4) is 0 Å². The minimum Gasteiger partial charge on any atom is -0.393 e. The van der Waals surface area contributed by atoms with E-state index in [1.165, 1.54) is 16.9 Å². The average molecular weight is 263 g/mol. The Bertz CT molecular complexity index is 392. The third kappa shape index (κ3) is 2.73. The van der Waals surface area contributed by atoms with Crippen molar-refractivity contribution in [2.75, 3.05) is 20.1 Å². The second kappa shape index (κ2) is 5.24. The quantitative estimate of drug-likeness (QED) is 0.902. The fourth-order valence-electron chi connectivity index (χ4n) is 3.07. The molecule has 0 aromatic heterocycles. The van der Waals surface area contributed by atoms with Crippen LogP contribution in [0.2, 0.25) is 0 Å². The number of rotatable bonds is 4. The van der Waals surface area contributed by atoms with Crippen LogP contribution in [0, 0.1) is 5.92 Å².